The van der Waals surface area contributed by atoms with Crippen molar-refractivity contribution in [2.24, 2.45) is 5.41 Å². The normalized spacial score (nSPS) is 19.5. The van der Waals surface area contributed by atoms with Crippen LogP contribution in [-0.4, -0.2) is 31.6 Å². The van der Waals surface area contributed by atoms with E-state index in [9.17, 15) is 13.2 Å². The summed E-state index contributed by atoms with van der Waals surface area (Å²) in [7, 11) is 2.10. The molecule has 0 spiro atoms. The van der Waals surface area contributed by atoms with E-state index in [2.05, 4.69) is 24.2 Å². The Hall–Kier alpha value is -1.43. The van der Waals surface area contributed by atoms with Gasteiger partial charge in [0.15, 0.2) is 0 Å². The molecule has 0 radical (unpaired) electrons. The molecular formula is C15H22F3N3. The summed E-state index contributed by atoms with van der Waals surface area (Å²) in [5.74, 6) is 0. The predicted molar refractivity (Wildman–Crippen MR) is 79.2 cm³/mol. The number of likely N-dealkylation sites (tertiary alicyclic amines) is 1. The van der Waals surface area contributed by atoms with Crippen molar-refractivity contribution in [3.05, 3.63) is 23.8 Å². The van der Waals surface area contributed by atoms with Crippen LogP contribution in [0.15, 0.2) is 18.2 Å². The van der Waals surface area contributed by atoms with Crippen LogP contribution in [0.3, 0.4) is 0 Å². The van der Waals surface area contributed by atoms with Crippen LogP contribution in [0.25, 0.3) is 0 Å². The Balaban J connectivity index is 2.00. The fraction of sp³-hybridized carbons (Fsp3) is 0.600. The van der Waals surface area contributed by atoms with Gasteiger partial charge in [-0.15, -0.1) is 0 Å². The highest BCUT2D eigenvalue weighted by atomic mass is 19.4. The van der Waals surface area contributed by atoms with E-state index in [1.165, 1.54) is 6.07 Å². The van der Waals surface area contributed by atoms with Gasteiger partial charge in [-0.1, -0.05) is 6.92 Å². The maximum absolute atomic E-state index is 12.6. The second-order valence-corrected chi connectivity index (χ2v) is 6.27. The van der Waals surface area contributed by atoms with E-state index in [4.69, 9.17) is 5.73 Å². The van der Waals surface area contributed by atoms with Gasteiger partial charge in [-0.05, 0) is 56.6 Å². The first-order valence-corrected chi connectivity index (χ1v) is 7.09. The van der Waals surface area contributed by atoms with Crippen LogP contribution in [0.5, 0.6) is 0 Å². The van der Waals surface area contributed by atoms with Crippen LogP contribution in [0.1, 0.15) is 25.3 Å². The van der Waals surface area contributed by atoms with Crippen molar-refractivity contribution in [1.82, 2.24) is 4.90 Å². The SMILES string of the molecule is CN1CCC(C)(CNc2ccc(C(F)(F)F)cc2N)CC1. The second kappa shape index (κ2) is 5.75. The van der Waals surface area contributed by atoms with Crippen molar-refractivity contribution in [2.75, 3.05) is 37.7 Å². The topological polar surface area (TPSA) is 41.3 Å². The fourth-order valence-electron chi connectivity index (χ4n) is 2.54. The van der Waals surface area contributed by atoms with Crippen molar-refractivity contribution in [3.63, 3.8) is 0 Å². The van der Waals surface area contributed by atoms with E-state index in [-0.39, 0.29) is 11.1 Å². The van der Waals surface area contributed by atoms with Crippen molar-refractivity contribution in [3.8, 4) is 0 Å². The van der Waals surface area contributed by atoms with Crippen LogP contribution in [0.2, 0.25) is 0 Å². The smallest absolute Gasteiger partial charge is 0.397 e. The van der Waals surface area contributed by atoms with Gasteiger partial charge >= 0.3 is 6.18 Å². The number of alkyl halides is 3. The Morgan fingerprint density at radius 2 is 1.90 bits per heavy atom. The number of benzene rings is 1. The lowest BCUT2D eigenvalue weighted by atomic mass is 9.80. The Morgan fingerprint density at radius 3 is 2.43 bits per heavy atom. The molecule has 3 N–H and O–H groups in total. The number of rotatable bonds is 3. The minimum atomic E-state index is -4.35. The van der Waals surface area contributed by atoms with E-state index in [0.29, 0.717) is 5.69 Å². The predicted octanol–water partition coefficient (Wildman–Crippen LogP) is 3.43. The molecule has 1 saturated heterocycles. The van der Waals surface area contributed by atoms with Crippen LogP contribution in [0.4, 0.5) is 24.5 Å². The van der Waals surface area contributed by atoms with Crippen LogP contribution < -0.4 is 11.1 Å². The van der Waals surface area contributed by atoms with Crippen molar-refractivity contribution in [2.45, 2.75) is 25.9 Å². The Morgan fingerprint density at radius 1 is 1.29 bits per heavy atom. The number of anilines is 2. The number of nitrogen functional groups attached to an aromatic ring is 1. The number of halogens is 3. The molecule has 1 fully saturated rings. The molecule has 0 aromatic heterocycles. The van der Waals surface area contributed by atoms with Gasteiger partial charge in [-0.2, -0.15) is 13.2 Å². The number of piperidine rings is 1. The van der Waals surface area contributed by atoms with Gasteiger partial charge in [0.1, 0.15) is 0 Å². The van der Waals surface area contributed by atoms with E-state index >= 15 is 0 Å². The Bertz CT molecular complexity index is 491. The molecule has 6 heteroatoms. The highest BCUT2D eigenvalue weighted by Gasteiger charge is 2.31. The molecule has 0 atom stereocenters. The highest BCUT2D eigenvalue weighted by molar-refractivity contribution is 5.67. The average Bonchev–Trinajstić information content (AvgIpc) is 2.40. The first-order chi connectivity index (χ1) is 9.70. The van der Waals surface area contributed by atoms with E-state index < -0.39 is 11.7 Å². The summed E-state index contributed by atoms with van der Waals surface area (Å²) in [6.45, 7) is 5.00. The summed E-state index contributed by atoms with van der Waals surface area (Å²) in [5, 5.41) is 3.21. The first kappa shape index (κ1) is 15.9. The largest absolute Gasteiger partial charge is 0.416 e. The fourth-order valence-corrected chi connectivity index (χ4v) is 2.54. The molecule has 0 saturated carbocycles. The summed E-state index contributed by atoms with van der Waals surface area (Å²) in [6, 6.07) is 3.46. The summed E-state index contributed by atoms with van der Waals surface area (Å²) >= 11 is 0. The molecule has 2 rings (SSSR count). The van der Waals surface area contributed by atoms with Crippen LogP contribution in [0, 0.1) is 5.41 Å². The molecule has 21 heavy (non-hydrogen) atoms. The maximum Gasteiger partial charge on any atom is 0.416 e. The van der Waals surface area contributed by atoms with Crippen molar-refractivity contribution >= 4 is 11.4 Å². The molecule has 1 aromatic carbocycles. The van der Waals surface area contributed by atoms with Gasteiger partial charge in [0.25, 0.3) is 0 Å². The minimum Gasteiger partial charge on any atom is -0.397 e. The number of hydrogen-bond acceptors (Lipinski definition) is 3. The van der Waals surface area contributed by atoms with Gasteiger partial charge in [0.2, 0.25) is 0 Å². The summed E-state index contributed by atoms with van der Waals surface area (Å²) in [4.78, 5) is 2.29. The molecule has 1 aromatic rings. The monoisotopic (exact) mass is 301 g/mol. The molecule has 118 valence electrons. The third kappa shape index (κ3) is 4.03. The maximum atomic E-state index is 12.6. The molecule has 1 heterocycles. The molecule has 0 amide bonds. The zero-order valence-electron chi connectivity index (χ0n) is 12.4. The van der Waals surface area contributed by atoms with Crippen LogP contribution >= 0.6 is 0 Å². The average molecular weight is 301 g/mol. The molecule has 0 bridgehead atoms. The Kier molecular flexibility index (Phi) is 4.37. The third-order valence-electron chi connectivity index (χ3n) is 4.28. The van der Waals surface area contributed by atoms with E-state index in [0.717, 1.165) is 44.6 Å². The van der Waals surface area contributed by atoms with Gasteiger partial charge in [-0.25, -0.2) is 0 Å². The zero-order valence-corrected chi connectivity index (χ0v) is 12.4. The zero-order chi connectivity index (χ0) is 15.7. The minimum absolute atomic E-state index is 0.140. The van der Waals surface area contributed by atoms with Crippen LogP contribution in [-0.2, 0) is 6.18 Å². The standard InChI is InChI=1S/C15H22F3N3/c1-14(5-7-21(2)8-6-14)10-20-13-4-3-11(9-12(13)19)15(16,17)18/h3-4,9,20H,5-8,10,19H2,1-2H3. The lowest BCUT2D eigenvalue weighted by Gasteiger charge is -2.38. The van der Waals surface area contributed by atoms with E-state index in [1.54, 1.807) is 0 Å². The summed E-state index contributed by atoms with van der Waals surface area (Å²) < 4.78 is 37.8. The number of hydrogen-bond donors (Lipinski definition) is 2. The van der Waals surface area contributed by atoms with E-state index in [1.807, 2.05) is 0 Å². The molecule has 1 aliphatic heterocycles. The van der Waals surface area contributed by atoms with Gasteiger partial charge in [0.05, 0.1) is 16.9 Å². The highest BCUT2D eigenvalue weighted by Crippen LogP contribution is 2.34. The van der Waals surface area contributed by atoms with Gasteiger partial charge in [-0.3, -0.25) is 0 Å². The van der Waals surface area contributed by atoms with Gasteiger partial charge < -0.3 is 16.0 Å². The summed E-state index contributed by atoms with van der Waals surface area (Å²) in [6.07, 6.45) is -2.22. The third-order valence-corrected chi connectivity index (χ3v) is 4.28. The number of nitrogens with one attached hydrogen (secondary N) is 1. The molecule has 0 aliphatic carbocycles. The van der Waals surface area contributed by atoms with Crippen molar-refractivity contribution < 1.29 is 13.2 Å². The summed E-state index contributed by atoms with van der Waals surface area (Å²) in [5.41, 5.74) is 5.88. The van der Waals surface area contributed by atoms with Crippen molar-refractivity contribution in [1.29, 1.82) is 0 Å². The Labute approximate surface area is 123 Å². The molecule has 3 nitrogen and oxygen atoms in total. The second-order valence-electron chi connectivity index (χ2n) is 6.27. The quantitative estimate of drug-likeness (QED) is 0.840. The lowest BCUT2D eigenvalue weighted by molar-refractivity contribution is -0.137. The van der Waals surface area contributed by atoms with Gasteiger partial charge in [0, 0.05) is 6.54 Å². The number of nitrogens with zero attached hydrogens (tertiary/aromatic N) is 1. The molecular weight excluding hydrogens is 279 g/mol. The number of nitrogens with two attached hydrogens (primary N) is 1. The molecule has 1 aliphatic rings. The first-order valence-electron chi connectivity index (χ1n) is 7.09. The lowest BCUT2D eigenvalue weighted by Crippen LogP contribution is -2.40. The molecule has 0 unspecified atom stereocenters.